The molecule has 0 amide bonds. The number of nitrogens with zero attached hydrogens (tertiary/aromatic N) is 3. The van der Waals surface area contributed by atoms with Crippen LogP contribution in [0.25, 0.3) is 0 Å². The molecule has 1 atom stereocenters. The molecule has 1 unspecified atom stereocenters. The van der Waals surface area contributed by atoms with E-state index in [1.807, 2.05) is 13.1 Å². The molecule has 1 aliphatic rings. The Labute approximate surface area is 118 Å². The van der Waals surface area contributed by atoms with E-state index in [2.05, 4.69) is 11.8 Å². The number of likely N-dealkylation sites (N-methyl/N-ethyl adjacent to an activating group) is 1. The summed E-state index contributed by atoms with van der Waals surface area (Å²) in [5, 5.41) is 8.79. The minimum absolute atomic E-state index is 0.263. The molecule has 1 saturated heterocycles. The van der Waals surface area contributed by atoms with E-state index in [0.29, 0.717) is 18.0 Å². The normalized spacial score (nSPS) is 22.3. The summed E-state index contributed by atoms with van der Waals surface area (Å²) in [5.41, 5.74) is 0. The van der Waals surface area contributed by atoms with Gasteiger partial charge in [-0.05, 0) is 25.6 Å². The molecule has 2 rings (SSSR count). The molecule has 19 heavy (non-hydrogen) atoms. The molecular formula is C12H17N3O2S2. The van der Waals surface area contributed by atoms with Gasteiger partial charge in [0, 0.05) is 25.7 Å². The van der Waals surface area contributed by atoms with Gasteiger partial charge < -0.3 is 4.90 Å². The van der Waals surface area contributed by atoms with Crippen LogP contribution in [-0.4, -0.2) is 50.3 Å². The molecule has 1 aromatic rings. The van der Waals surface area contributed by atoms with Crippen LogP contribution < -0.4 is 0 Å². The summed E-state index contributed by atoms with van der Waals surface area (Å²) in [4.78, 5) is 2.63. The van der Waals surface area contributed by atoms with Gasteiger partial charge in [-0.15, -0.1) is 11.3 Å². The predicted molar refractivity (Wildman–Crippen MR) is 74.5 cm³/mol. The van der Waals surface area contributed by atoms with Crippen LogP contribution in [0.1, 0.15) is 18.2 Å². The second-order valence-corrected chi connectivity index (χ2v) is 7.88. The zero-order valence-electron chi connectivity index (χ0n) is 11.0. The maximum atomic E-state index is 12.5. The molecular weight excluding hydrogens is 282 g/mol. The molecule has 0 aromatic carbocycles. The number of hydrogen-bond acceptors (Lipinski definition) is 5. The summed E-state index contributed by atoms with van der Waals surface area (Å²) >= 11 is 1.04. The van der Waals surface area contributed by atoms with Crippen molar-refractivity contribution in [2.75, 3.05) is 26.7 Å². The predicted octanol–water partition coefficient (Wildman–Crippen LogP) is 1.33. The zero-order chi connectivity index (χ0) is 14.0. The molecule has 104 valence electrons. The van der Waals surface area contributed by atoms with Crippen molar-refractivity contribution in [1.82, 2.24) is 9.21 Å². The van der Waals surface area contributed by atoms with Gasteiger partial charge in [-0.1, -0.05) is 6.92 Å². The van der Waals surface area contributed by atoms with Gasteiger partial charge in [-0.25, -0.2) is 8.42 Å². The topological polar surface area (TPSA) is 64.4 Å². The fourth-order valence-electron chi connectivity index (χ4n) is 2.22. The summed E-state index contributed by atoms with van der Waals surface area (Å²) < 4.78 is 26.8. The Morgan fingerprint density at radius 1 is 1.47 bits per heavy atom. The molecule has 1 aliphatic heterocycles. The number of sulfonamides is 1. The lowest BCUT2D eigenvalue weighted by Crippen LogP contribution is -2.52. The van der Waals surface area contributed by atoms with E-state index in [-0.39, 0.29) is 10.3 Å². The average molecular weight is 299 g/mol. The van der Waals surface area contributed by atoms with E-state index >= 15 is 0 Å². The van der Waals surface area contributed by atoms with E-state index in [1.54, 1.807) is 6.07 Å². The van der Waals surface area contributed by atoms with Crippen molar-refractivity contribution >= 4 is 21.4 Å². The third kappa shape index (κ3) is 2.82. The minimum atomic E-state index is -3.44. The van der Waals surface area contributed by atoms with Gasteiger partial charge in [0.2, 0.25) is 0 Å². The molecule has 0 radical (unpaired) electrons. The van der Waals surface area contributed by atoms with Gasteiger partial charge >= 0.3 is 0 Å². The summed E-state index contributed by atoms with van der Waals surface area (Å²) in [7, 11) is -1.42. The number of thiophene rings is 1. The molecule has 1 fully saturated rings. The Balaban J connectivity index is 2.23. The summed E-state index contributed by atoms with van der Waals surface area (Å²) in [5.74, 6) is 0. The molecule has 1 aromatic heterocycles. The maximum Gasteiger partial charge on any atom is 0.252 e. The summed E-state index contributed by atoms with van der Waals surface area (Å²) in [6.07, 6.45) is 0.927. The van der Waals surface area contributed by atoms with Crippen LogP contribution >= 0.6 is 11.3 Å². The summed E-state index contributed by atoms with van der Waals surface area (Å²) in [6.45, 7) is 3.84. The first-order valence-electron chi connectivity index (χ1n) is 6.19. The molecule has 0 N–H and O–H groups in total. The SMILES string of the molecule is CCC1CN(S(=O)(=O)c2ccc(C#N)s2)CCN1C. The average Bonchev–Trinajstić information content (AvgIpc) is 2.88. The van der Waals surface area contributed by atoms with Crippen LogP contribution in [0.15, 0.2) is 16.3 Å². The van der Waals surface area contributed by atoms with Gasteiger partial charge in [0.05, 0.1) is 0 Å². The lowest BCUT2D eigenvalue weighted by Gasteiger charge is -2.38. The molecule has 2 heterocycles. The Morgan fingerprint density at radius 2 is 2.21 bits per heavy atom. The zero-order valence-corrected chi connectivity index (χ0v) is 12.7. The lowest BCUT2D eigenvalue weighted by atomic mass is 10.1. The van der Waals surface area contributed by atoms with Crippen LogP contribution in [0.2, 0.25) is 0 Å². The van der Waals surface area contributed by atoms with Crippen molar-refractivity contribution < 1.29 is 8.42 Å². The second kappa shape index (κ2) is 5.59. The first-order chi connectivity index (χ1) is 8.98. The minimum Gasteiger partial charge on any atom is -0.301 e. The highest BCUT2D eigenvalue weighted by molar-refractivity contribution is 7.91. The number of rotatable bonds is 3. The van der Waals surface area contributed by atoms with Crippen molar-refractivity contribution in [3.8, 4) is 6.07 Å². The number of hydrogen-bond donors (Lipinski definition) is 0. The van der Waals surface area contributed by atoms with Crippen LogP contribution in [-0.2, 0) is 10.0 Å². The van der Waals surface area contributed by atoms with E-state index in [1.165, 1.54) is 10.4 Å². The van der Waals surface area contributed by atoms with E-state index in [0.717, 1.165) is 24.3 Å². The van der Waals surface area contributed by atoms with Crippen LogP contribution in [0, 0.1) is 11.3 Å². The fourth-order valence-corrected chi connectivity index (χ4v) is 4.95. The monoisotopic (exact) mass is 299 g/mol. The van der Waals surface area contributed by atoms with Crippen molar-refractivity contribution in [2.24, 2.45) is 0 Å². The highest BCUT2D eigenvalue weighted by Gasteiger charge is 2.32. The number of piperazine rings is 1. The van der Waals surface area contributed by atoms with Gasteiger partial charge in [0.25, 0.3) is 10.0 Å². The smallest absolute Gasteiger partial charge is 0.252 e. The Kier molecular flexibility index (Phi) is 4.26. The highest BCUT2D eigenvalue weighted by atomic mass is 32.2. The lowest BCUT2D eigenvalue weighted by molar-refractivity contribution is 0.144. The first-order valence-corrected chi connectivity index (χ1v) is 8.45. The van der Waals surface area contributed by atoms with E-state index in [4.69, 9.17) is 5.26 Å². The van der Waals surface area contributed by atoms with E-state index < -0.39 is 10.0 Å². The first kappa shape index (κ1) is 14.5. The van der Waals surface area contributed by atoms with Crippen LogP contribution in [0.3, 0.4) is 0 Å². The highest BCUT2D eigenvalue weighted by Crippen LogP contribution is 2.26. The third-order valence-corrected chi connectivity index (χ3v) is 6.82. The molecule has 0 aliphatic carbocycles. The maximum absolute atomic E-state index is 12.5. The van der Waals surface area contributed by atoms with Gasteiger partial charge in [0.1, 0.15) is 15.2 Å². The van der Waals surface area contributed by atoms with Crippen molar-refractivity contribution in [2.45, 2.75) is 23.6 Å². The molecule has 5 nitrogen and oxygen atoms in total. The van der Waals surface area contributed by atoms with Gasteiger partial charge in [-0.3, -0.25) is 0 Å². The number of nitriles is 1. The van der Waals surface area contributed by atoms with Gasteiger partial charge in [0.15, 0.2) is 0 Å². The third-order valence-electron chi connectivity index (χ3n) is 3.50. The standard InChI is InChI=1S/C12H17N3O2S2/c1-3-10-9-15(7-6-14(10)2)19(16,17)12-5-4-11(8-13)18-12/h4-5,10H,3,6-7,9H2,1-2H3. The van der Waals surface area contributed by atoms with Crippen LogP contribution in [0.5, 0.6) is 0 Å². The van der Waals surface area contributed by atoms with Gasteiger partial charge in [-0.2, -0.15) is 9.57 Å². The van der Waals surface area contributed by atoms with Crippen molar-refractivity contribution in [1.29, 1.82) is 5.26 Å². The molecule has 0 saturated carbocycles. The van der Waals surface area contributed by atoms with Crippen molar-refractivity contribution in [3.05, 3.63) is 17.0 Å². The Hall–Kier alpha value is -0.940. The second-order valence-electron chi connectivity index (χ2n) is 4.64. The van der Waals surface area contributed by atoms with E-state index in [9.17, 15) is 8.42 Å². The largest absolute Gasteiger partial charge is 0.301 e. The Morgan fingerprint density at radius 3 is 2.79 bits per heavy atom. The summed E-state index contributed by atoms with van der Waals surface area (Å²) in [6, 6.07) is 5.33. The molecule has 0 spiro atoms. The van der Waals surface area contributed by atoms with Crippen molar-refractivity contribution in [3.63, 3.8) is 0 Å². The van der Waals surface area contributed by atoms with Crippen LogP contribution in [0.4, 0.5) is 0 Å². The quantitative estimate of drug-likeness (QED) is 0.845. The fraction of sp³-hybridized carbons (Fsp3) is 0.583. The molecule has 0 bridgehead atoms. The molecule has 7 heteroatoms. The Bertz CT molecular complexity index is 588.